The normalized spacial score (nSPS) is 23.4. The van der Waals surface area contributed by atoms with Gasteiger partial charge in [-0.1, -0.05) is 6.42 Å². The van der Waals surface area contributed by atoms with Crippen molar-refractivity contribution >= 4 is 5.97 Å². The molecule has 1 atom stereocenters. The first kappa shape index (κ1) is 10.3. The predicted molar refractivity (Wildman–Crippen MR) is 34.9 cm³/mol. The second kappa shape index (κ2) is 2.85. The van der Waals surface area contributed by atoms with E-state index in [4.69, 9.17) is 5.11 Å². The molecule has 0 spiro atoms. The van der Waals surface area contributed by atoms with Crippen molar-refractivity contribution in [1.29, 1.82) is 0 Å². The molecule has 1 fully saturated rings. The topological polar surface area (TPSA) is 37.3 Å². The minimum atomic E-state index is -5.07. The van der Waals surface area contributed by atoms with Crippen LogP contribution in [0.5, 0.6) is 0 Å². The van der Waals surface area contributed by atoms with Gasteiger partial charge in [0.1, 0.15) is 5.41 Å². The second-order valence-corrected chi connectivity index (χ2v) is 3.22. The van der Waals surface area contributed by atoms with Crippen LogP contribution in [-0.2, 0) is 4.79 Å². The van der Waals surface area contributed by atoms with Gasteiger partial charge < -0.3 is 5.11 Å². The zero-order valence-electron chi connectivity index (χ0n) is 6.57. The highest BCUT2D eigenvalue weighted by Crippen LogP contribution is 2.50. The van der Waals surface area contributed by atoms with Gasteiger partial charge in [-0.15, -0.1) is 0 Å². The molecular formula is C7H8F4O2. The molecule has 1 aliphatic carbocycles. The molecule has 76 valence electrons. The zero-order chi connectivity index (χ0) is 10.3. The SMILES string of the molecule is O=C(O)C1(C(F)C(F)(F)F)CCC1. The fourth-order valence-corrected chi connectivity index (χ4v) is 1.45. The minimum absolute atomic E-state index is 0.233. The predicted octanol–water partition coefficient (Wildman–Crippen LogP) is 2.14. The summed E-state index contributed by atoms with van der Waals surface area (Å²) in [4.78, 5) is 10.5. The Morgan fingerprint density at radius 2 is 1.85 bits per heavy atom. The van der Waals surface area contributed by atoms with Crippen LogP contribution in [-0.4, -0.2) is 23.4 Å². The van der Waals surface area contributed by atoms with E-state index in [0.29, 0.717) is 6.42 Å². The molecule has 1 N–H and O–H groups in total. The van der Waals surface area contributed by atoms with Gasteiger partial charge in [-0.3, -0.25) is 4.79 Å². The van der Waals surface area contributed by atoms with Crippen molar-refractivity contribution in [3.63, 3.8) is 0 Å². The Morgan fingerprint density at radius 1 is 1.38 bits per heavy atom. The number of carbonyl (C=O) groups is 1. The van der Waals surface area contributed by atoms with E-state index in [-0.39, 0.29) is 12.8 Å². The molecule has 0 radical (unpaired) electrons. The van der Waals surface area contributed by atoms with E-state index < -0.39 is 23.7 Å². The maximum absolute atomic E-state index is 12.8. The molecule has 0 amide bonds. The van der Waals surface area contributed by atoms with Gasteiger partial charge in [-0.2, -0.15) is 13.2 Å². The highest BCUT2D eigenvalue weighted by atomic mass is 19.4. The molecule has 0 heterocycles. The van der Waals surface area contributed by atoms with E-state index in [1.54, 1.807) is 0 Å². The number of hydrogen-bond donors (Lipinski definition) is 1. The summed E-state index contributed by atoms with van der Waals surface area (Å²) < 4.78 is 48.4. The summed E-state index contributed by atoms with van der Waals surface area (Å²) >= 11 is 0. The molecule has 0 aromatic rings. The summed E-state index contributed by atoms with van der Waals surface area (Å²) in [6.45, 7) is 0. The van der Waals surface area contributed by atoms with Gasteiger partial charge in [-0.25, -0.2) is 4.39 Å². The minimum Gasteiger partial charge on any atom is -0.481 e. The van der Waals surface area contributed by atoms with Crippen LogP contribution in [0.4, 0.5) is 17.6 Å². The fourth-order valence-electron chi connectivity index (χ4n) is 1.45. The summed E-state index contributed by atoms with van der Waals surface area (Å²) in [6, 6.07) is 0. The van der Waals surface area contributed by atoms with Crippen molar-refractivity contribution in [1.82, 2.24) is 0 Å². The lowest BCUT2D eigenvalue weighted by Gasteiger charge is -2.40. The monoisotopic (exact) mass is 200 g/mol. The standard InChI is InChI=1S/C7H8F4O2/c8-4(7(9,10)11)6(5(12)13)2-1-3-6/h4H,1-3H2,(H,12,13). The third-order valence-corrected chi connectivity index (χ3v) is 2.44. The molecule has 0 bridgehead atoms. The van der Waals surface area contributed by atoms with Crippen molar-refractivity contribution in [2.24, 2.45) is 5.41 Å². The maximum Gasteiger partial charge on any atom is 0.420 e. The highest BCUT2D eigenvalue weighted by molar-refractivity contribution is 5.76. The lowest BCUT2D eigenvalue weighted by atomic mass is 9.65. The number of halogens is 4. The quantitative estimate of drug-likeness (QED) is 0.693. The van der Waals surface area contributed by atoms with Gasteiger partial charge in [0, 0.05) is 0 Å². The number of aliphatic carboxylic acids is 1. The van der Waals surface area contributed by atoms with Crippen molar-refractivity contribution in [3.05, 3.63) is 0 Å². The Kier molecular flexibility index (Phi) is 2.25. The summed E-state index contributed by atoms with van der Waals surface area (Å²) in [7, 11) is 0. The lowest BCUT2D eigenvalue weighted by molar-refractivity contribution is -0.231. The zero-order valence-corrected chi connectivity index (χ0v) is 6.57. The third-order valence-electron chi connectivity index (χ3n) is 2.44. The van der Waals surface area contributed by atoms with Crippen LogP contribution in [0.2, 0.25) is 0 Å². The first-order chi connectivity index (χ1) is 5.81. The molecule has 13 heavy (non-hydrogen) atoms. The van der Waals surface area contributed by atoms with E-state index >= 15 is 0 Å². The number of carboxylic acid groups (broad SMARTS) is 1. The van der Waals surface area contributed by atoms with Crippen LogP contribution in [0.25, 0.3) is 0 Å². The van der Waals surface area contributed by atoms with Crippen LogP contribution >= 0.6 is 0 Å². The number of alkyl halides is 4. The summed E-state index contributed by atoms with van der Waals surface area (Å²) in [5.41, 5.74) is -2.21. The van der Waals surface area contributed by atoms with Crippen molar-refractivity contribution in [3.8, 4) is 0 Å². The average molecular weight is 200 g/mol. The van der Waals surface area contributed by atoms with Crippen LogP contribution in [0.15, 0.2) is 0 Å². The molecule has 1 rings (SSSR count). The number of hydrogen-bond acceptors (Lipinski definition) is 1. The molecule has 0 aromatic carbocycles. The van der Waals surface area contributed by atoms with Crippen molar-refractivity contribution in [2.75, 3.05) is 0 Å². The van der Waals surface area contributed by atoms with E-state index in [2.05, 4.69) is 0 Å². The first-order valence-corrected chi connectivity index (χ1v) is 3.75. The van der Waals surface area contributed by atoms with Gasteiger partial charge in [-0.05, 0) is 12.8 Å². The Hall–Kier alpha value is -0.810. The lowest BCUT2D eigenvalue weighted by Crippen LogP contribution is -2.52. The Morgan fingerprint density at radius 3 is 1.92 bits per heavy atom. The molecular weight excluding hydrogens is 192 g/mol. The Labute approximate surface area is 71.5 Å². The molecule has 1 saturated carbocycles. The summed E-state index contributed by atoms with van der Waals surface area (Å²) in [5, 5.41) is 8.48. The summed E-state index contributed by atoms with van der Waals surface area (Å²) in [5.74, 6) is -1.69. The Bertz CT molecular complexity index is 219. The van der Waals surface area contributed by atoms with Gasteiger partial charge >= 0.3 is 12.1 Å². The summed E-state index contributed by atoms with van der Waals surface area (Å²) in [6.07, 6.45) is -8.44. The van der Waals surface area contributed by atoms with Gasteiger partial charge in [0.05, 0.1) is 0 Å². The molecule has 6 heteroatoms. The molecule has 0 aromatic heterocycles. The van der Waals surface area contributed by atoms with E-state index in [9.17, 15) is 22.4 Å². The van der Waals surface area contributed by atoms with Crippen molar-refractivity contribution in [2.45, 2.75) is 31.6 Å². The molecule has 2 nitrogen and oxygen atoms in total. The average Bonchev–Trinajstić information content (AvgIpc) is 1.81. The van der Waals surface area contributed by atoms with Gasteiger partial charge in [0.25, 0.3) is 0 Å². The van der Waals surface area contributed by atoms with Crippen LogP contribution in [0, 0.1) is 5.41 Å². The van der Waals surface area contributed by atoms with Crippen LogP contribution in [0.1, 0.15) is 19.3 Å². The van der Waals surface area contributed by atoms with E-state index in [1.807, 2.05) is 0 Å². The largest absolute Gasteiger partial charge is 0.481 e. The van der Waals surface area contributed by atoms with E-state index in [0.717, 1.165) is 0 Å². The van der Waals surface area contributed by atoms with Gasteiger partial charge in [0.2, 0.25) is 6.17 Å². The Balaban J connectivity index is 2.84. The third kappa shape index (κ3) is 1.49. The fraction of sp³-hybridized carbons (Fsp3) is 0.857. The highest BCUT2D eigenvalue weighted by Gasteiger charge is 2.61. The number of carboxylic acids is 1. The second-order valence-electron chi connectivity index (χ2n) is 3.22. The number of rotatable bonds is 2. The first-order valence-electron chi connectivity index (χ1n) is 3.75. The molecule has 0 aliphatic heterocycles. The van der Waals surface area contributed by atoms with Gasteiger partial charge in [0.15, 0.2) is 0 Å². The van der Waals surface area contributed by atoms with E-state index in [1.165, 1.54) is 0 Å². The van der Waals surface area contributed by atoms with Crippen LogP contribution in [0.3, 0.4) is 0 Å². The van der Waals surface area contributed by atoms with Crippen molar-refractivity contribution < 1.29 is 27.5 Å². The molecule has 1 unspecified atom stereocenters. The molecule has 0 saturated heterocycles. The smallest absolute Gasteiger partial charge is 0.420 e. The maximum atomic E-state index is 12.8. The molecule has 1 aliphatic rings. The van der Waals surface area contributed by atoms with Crippen LogP contribution < -0.4 is 0 Å².